The molecule has 0 unspecified atom stereocenters. The number of anilines is 1. The highest BCUT2D eigenvalue weighted by Crippen LogP contribution is 2.19. The summed E-state index contributed by atoms with van der Waals surface area (Å²) in [4.78, 5) is 26.2. The normalized spacial score (nSPS) is 10.8. The topological polar surface area (TPSA) is 79.8 Å². The number of pyridine rings is 1. The lowest BCUT2D eigenvalue weighted by Gasteiger charge is -2.10. The minimum atomic E-state index is -0.373. The van der Waals surface area contributed by atoms with Gasteiger partial charge in [-0.2, -0.15) is 5.10 Å². The lowest BCUT2D eigenvalue weighted by atomic mass is 10.1. The molecule has 0 aliphatic rings. The number of hydrogen-bond donors (Lipinski definition) is 2. The van der Waals surface area contributed by atoms with Crippen molar-refractivity contribution in [3.05, 3.63) is 67.8 Å². The number of para-hydroxylation sites is 1. The number of H-pyrrole nitrogens is 1. The summed E-state index contributed by atoms with van der Waals surface area (Å²) in [5.41, 5.74) is 1.47. The number of nitrogens with one attached hydrogen (secondary N) is 2. The van der Waals surface area contributed by atoms with E-state index in [1.807, 2.05) is 24.3 Å². The quantitative estimate of drug-likeness (QED) is 0.773. The molecule has 2 heterocycles. The number of benzene rings is 1. The molecule has 6 nitrogen and oxygen atoms in total. The third kappa shape index (κ3) is 2.60. The lowest BCUT2D eigenvalue weighted by Crippen LogP contribution is -2.21. The van der Waals surface area contributed by atoms with E-state index < -0.39 is 0 Å². The largest absolute Gasteiger partial charge is 0.378 e. The van der Waals surface area contributed by atoms with Crippen LogP contribution in [0, 0.1) is 0 Å². The van der Waals surface area contributed by atoms with E-state index >= 15 is 0 Å². The standard InChI is InChI=1S/C15H13ClN4O2/c1-20-15(22)14(16)12(8-18-20)17-7-9-6-13(21)19-11-5-3-2-4-10(9)11/h2-6,8,17H,7H2,1H3,(H,19,21). The van der Waals surface area contributed by atoms with Gasteiger partial charge in [0, 0.05) is 30.6 Å². The van der Waals surface area contributed by atoms with Crippen molar-refractivity contribution >= 4 is 28.2 Å². The highest BCUT2D eigenvalue weighted by atomic mass is 35.5. The zero-order valence-corrected chi connectivity index (χ0v) is 12.5. The summed E-state index contributed by atoms with van der Waals surface area (Å²) in [5, 5.41) is 7.99. The van der Waals surface area contributed by atoms with Crippen molar-refractivity contribution in [3.63, 3.8) is 0 Å². The van der Waals surface area contributed by atoms with Crippen LogP contribution in [-0.2, 0) is 13.6 Å². The predicted molar refractivity (Wildman–Crippen MR) is 86.4 cm³/mol. The molecule has 0 saturated carbocycles. The fraction of sp³-hybridized carbons (Fsp3) is 0.133. The fourth-order valence-corrected chi connectivity index (χ4v) is 2.49. The average Bonchev–Trinajstić information content (AvgIpc) is 2.51. The highest BCUT2D eigenvalue weighted by Gasteiger charge is 2.08. The van der Waals surface area contributed by atoms with Crippen LogP contribution in [0.3, 0.4) is 0 Å². The SMILES string of the molecule is Cn1ncc(NCc2cc(=O)[nH]c3ccccc23)c(Cl)c1=O. The first-order valence-electron chi connectivity index (χ1n) is 6.63. The molecular formula is C15H13ClN4O2. The molecule has 2 N–H and O–H groups in total. The molecule has 0 aliphatic carbocycles. The Morgan fingerprint density at radius 3 is 2.91 bits per heavy atom. The maximum absolute atomic E-state index is 11.7. The van der Waals surface area contributed by atoms with E-state index in [4.69, 9.17) is 11.6 Å². The van der Waals surface area contributed by atoms with Crippen molar-refractivity contribution in [2.45, 2.75) is 6.54 Å². The smallest absolute Gasteiger partial charge is 0.287 e. The molecule has 0 atom stereocenters. The number of hydrogen-bond acceptors (Lipinski definition) is 4. The predicted octanol–water partition coefficient (Wildman–Crippen LogP) is 1.89. The van der Waals surface area contributed by atoms with Crippen molar-refractivity contribution in [2.75, 3.05) is 5.32 Å². The van der Waals surface area contributed by atoms with Gasteiger partial charge in [0.15, 0.2) is 0 Å². The van der Waals surface area contributed by atoms with Gasteiger partial charge in [-0.15, -0.1) is 0 Å². The van der Waals surface area contributed by atoms with Gasteiger partial charge < -0.3 is 10.3 Å². The molecule has 0 aliphatic heterocycles. The second-order valence-electron chi connectivity index (χ2n) is 4.86. The number of halogens is 1. The van der Waals surface area contributed by atoms with Crippen LogP contribution >= 0.6 is 11.6 Å². The number of aryl methyl sites for hydroxylation is 1. The van der Waals surface area contributed by atoms with Gasteiger partial charge in [0.2, 0.25) is 5.56 Å². The summed E-state index contributed by atoms with van der Waals surface area (Å²) >= 11 is 6.01. The minimum Gasteiger partial charge on any atom is -0.378 e. The van der Waals surface area contributed by atoms with Crippen molar-refractivity contribution in [2.24, 2.45) is 7.05 Å². The first-order valence-corrected chi connectivity index (χ1v) is 7.00. The molecule has 3 rings (SSSR count). The third-order valence-corrected chi connectivity index (χ3v) is 3.75. The Balaban J connectivity index is 1.97. The molecule has 0 fully saturated rings. The Hall–Kier alpha value is -2.60. The van der Waals surface area contributed by atoms with E-state index in [1.165, 1.54) is 19.3 Å². The molecule has 2 aromatic heterocycles. The van der Waals surface area contributed by atoms with Gasteiger partial charge in [-0.1, -0.05) is 29.8 Å². The molecule has 0 spiro atoms. The number of aromatic nitrogens is 3. The molecule has 0 bridgehead atoms. The highest BCUT2D eigenvalue weighted by molar-refractivity contribution is 6.32. The van der Waals surface area contributed by atoms with Crippen LogP contribution in [0.25, 0.3) is 10.9 Å². The van der Waals surface area contributed by atoms with E-state index in [-0.39, 0.29) is 16.1 Å². The number of rotatable bonds is 3. The molecule has 0 radical (unpaired) electrons. The zero-order chi connectivity index (χ0) is 15.7. The summed E-state index contributed by atoms with van der Waals surface area (Å²) < 4.78 is 1.16. The van der Waals surface area contributed by atoms with Gasteiger partial charge >= 0.3 is 0 Å². The fourth-order valence-electron chi connectivity index (χ4n) is 2.25. The van der Waals surface area contributed by atoms with Crippen LogP contribution in [-0.4, -0.2) is 14.8 Å². The minimum absolute atomic E-state index is 0.0756. The van der Waals surface area contributed by atoms with Crippen LogP contribution in [0.5, 0.6) is 0 Å². The summed E-state index contributed by atoms with van der Waals surface area (Å²) in [6.45, 7) is 0.360. The lowest BCUT2D eigenvalue weighted by molar-refractivity contribution is 0.708. The van der Waals surface area contributed by atoms with E-state index in [9.17, 15) is 9.59 Å². The van der Waals surface area contributed by atoms with Crippen LogP contribution in [0.1, 0.15) is 5.56 Å². The summed E-state index contributed by atoms with van der Waals surface area (Å²) in [6.07, 6.45) is 1.49. The van der Waals surface area contributed by atoms with Crippen LogP contribution in [0.4, 0.5) is 5.69 Å². The maximum Gasteiger partial charge on any atom is 0.287 e. The molecule has 1 aromatic carbocycles. The Morgan fingerprint density at radius 2 is 2.09 bits per heavy atom. The summed E-state index contributed by atoms with van der Waals surface area (Å²) in [5.74, 6) is 0. The van der Waals surface area contributed by atoms with Gasteiger partial charge in [0.1, 0.15) is 5.02 Å². The molecule has 7 heteroatoms. The summed E-state index contributed by atoms with van der Waals surface area (Å²) in [6, 6.07) is 9.05. The molecular weight excluding hydrogens is 304 g/mol. The molecule has 22 heavy (non-hydrogen) atoms. The van der Waals surface area contributed by atoms with E-state index in [1.54, 1.807) is 0 Å². The molecule has 0 amide bonds. The first-order chi connectivity index (χ1) is 10.6. The second kappa shape index (κ2) is 5.65. The van der Waals surface area contributed by atoms with Crippen molar-refractivity contribution in [1.29, 1.82) is 0 Å². The van der Waals surface area contributed by atoms with E-state index in [2.05, 4.69) is 15.4 Å². The van der Waals surface area contributed by atoms with Gasteiger partial charge in [-0.3, -0.25) is 9.59 Å². The Morgan fingerprint density at radius 1 is 1.32 bits per heavy atom. The molecule has 3 aromatic rings. The van der Waals surface area contributed by atoms with Crippen LogP contribution in [0.2, 0.25) is 5.02 Å². The Labute approximate surface area is 130 Å². The van der Waals surface area contributed by atoms with Gasteiger partial charge in [0.05, 0.1) is 11.9 Å². The Kier molecular flexibility index (Phi) is 3.68. The number of aromatic amines is 1. The number of nitrogens with zero attached hydrogens (tertiary/aromatic N) is 2. The Bertz CT molecular complexity index is 962. The van der Waals surface area contributed by atoms with Crippen molar-refractivity contribution in [1.82, 2.24) is 14.8 Å². The molecule has 0 saturated heterocycles. The number of fused-ring (bicyclic) bond motifs is 1. The van der Waals surface area contributed by atoms with Crippen molar-refractivity contribution in [3.8, 4) is 0 Å². The van der Waals surface area contributed by atoms with Gasteiger partial charge in [-0.25, -0.2) is 4.68 Å². The van der Waals surface area contributed by atoms with Gasteiger partial charge in [-0.05, 0) is 11.6 Å². The van der Waals surface area contributed by atoms with E-state index in [0.717, 1.165) is 21.1 Å². The van der Waals surface area contributed by atoms with Crippen LogP contribution < -0.4 is 16.4 Å². The third-order valence-electron chi connectivity index (χ3n) is 3.38. The van der Waals surface area contributed by atoms with Crippen molar-refractivity contribution < 1.29 is 0 Å². The summed E-state index contributed by atoms with van der Waals surface area (Å²) in [7, 11) is 1.53. The van der Waals surface area contributed by atoms with Gasteiger partial charge in [0.25, 0.3) is 5.56 Å². The van der Waals surface area contributed by atoms with E-state index in [0.29, 0.717) is 12.2 Å². The zero-order valence-electron chi connectivity index (χ0n) is 11.8. The molecule has 112 valence electrons. The monoisotopic (exact) mass is 316 g/mol. The maximum atomic E-state index is 11.7. The first kappa shape index (κ1) is 14.3. The van der Waals surface area contributed by atoms with Crippen LogP contribution in [0.15, 0.2) is 46.1 Å². The average molecular weight is 317 g/mol. The second-order valence-corrected chi connectivity index (χ2v) is 5.24.